The largest absolute Gasteiger partial charge is 0.208 e. The summed E-state index contributed by atoms with van der Waals surface area (Å²) in [5, 5.41) is 0. The van der Waals surface area contributed by atoms with Gasteiger partial charge in [0.1, 0.15) is 0 Å². The molecular weight excluding hydrogens is 739 g/mol. The molecule has 0 radical (unpaired) electrons. The number of nitrogens with zero attached hydrogens (tertiary/aromatic N) is 3. The fourth-order valence-electron chi connectivity index (χ4n) is 9.28. The Balaban J connectivity index is 1.17. The van der Waals surface area contributed by atoms with Gasteiger partial charge in [0.25, 0.3) is 0 Å². The third kappa shape index (κ3) is 6.27. The van der Waals surface area contributed by atoms with Crippen LogP contribution in [-0.2, 0) is 5.41 Å². The molecule has 1 heterocycles. The van der Waals surface area contributed by atoms with Gasteiger partial charge in [-0.3, -0.25) is 0 Å². The Labute approximate surface area is 356 Å². The Morgan fingerprint density at radius 1 is 0.246 bits per heavy atom. The van der Waals surface area contributed by atoms with Crippen LogP contribution >= 0.6 is 0 Å². The van der Waals surface area contributed by atoms with Gasteiger partial charge in [0.2, 0.25) is 0 Å². The molecule has 11 rings (SSSR count). The molecule has 10 aromatic rings. The van der Waals surface area contributed by atoms with Crippen molar-refractivity contribution in [2.24, 2.45) is 0 Å². The van der Waals surface area contributed by atoms with Crippen LogP contribution in [0.5, 0.6) is 0 Å². The number of hydrogen-bond donors (Lipinski definition) is 0. The van der Waals surface area contributed by atoms with Gasteiger partial charge in [0.05, 0.1) is 5.41 Å². The second kappa shape index (κ2) is 15.3. The monoisotopic (exact) mass is 777 g/mol. The molecule has 0 fully saturated rings. The average molecular weight is 778 g/mol. The molecule has 3 nitrogen and oxygen atoms in total. The lowest BCUT2D eigenvalue weighted by atomic mass is 9.67. The van der Waals surface area contributed by atoms with Crippen LogP contribution in [0.15, 0.2) is 237 Å². The summed E-state index contributed by atoms with van der Waals surface area (Å²) in [5.74, 6) is 1.84. The Hall–Kier alpha value is -8.01. The first-order chi connectivity index (χ1) is 30.3. The van der Waals surface area contributed by atoms with Crippen molar-refractivity contribution in [3.8, 4) is 78.7 Å². The molecule has 1 aliphatic carbocycles. The maximum atomic E-state index is 5.48. The van der Waals surface area contributed by atoms with Gasteiger partial charge in [-0.15, -0.1) is 0 Å². The van der Waals surface area contributed by atoms with Gasteiger partial charge in [-0.25, -0.2) is 15.0 Å². The first-order valence-corrected chi connectivity index (χ1v) is 20.8. The van der Waals surface area contributed by atoms with E-state index in [1.54, 1.807) is 0 Å². The fraction of sp³-hybridized carbons (Fsp3) is 0.0172. The molecule has 0 saturated carbocycles. The minimum absolute atomic E-state index is 0.559. The maximum absolute atomic E-state index is 5.48. The molecule has 0 bridgehead atoms. The lowest BCUT2D eigenvalue weighted by Gasteiger charge is -2.34. The summed E-state index contributed by atoms with van der Waals surface area (Å²) in [6.45, 7) is 0. The molecule has 0 unspecified atom stereocenters. The summed E-state index contributed by atoms with van der Waals surface area (Å²) < 4.78 is 0. The van der Waals surface area contributed by atoms with E-state index >= 15 is 0 Å². The van der Waals surface area contributed by atoms with Crippen molar-refractivity contribution in [3.05, 3.63) is 259 Å². The van der Waals surface area contributed by atoms with E-state index < -0.39 is 5.41 Å². The van der Waals surface area contributed by atoms with E-state index in [-0.39, 0.29) is 0 Å². The lowest BCUT2D eigenvalue weighted by Crippen LogP contribution is -2.28. The van der Waals surface area contributed by atoms with Gasteiger partial charge >= 0.3 is 0 Å². The first-order valence-electron chi connectivity index (χ1n) is 20.8. The van der Waals surface area contributed by atoms with Crippen molar-refractivity contribution < 1.29 is 0 Å². The van der Waals surface area contributed by atoms with Crippen LogP contribution < -0.4 is 0 Å². The van der Waals surface area contributed by atoms with Gasteiger partial charge in [0.15, 0.2) is 17.5 Å². The van der Waals surface area contributed by atoms with Gasteiger partial charge in [-0.1, -0.05) is 231 Å². The fourth-order valence-corrected chi connectivity index (χ4v) is 9.28. The van der Waals surface area contributed by atoms with E-state index in [0.29, 0.717) is 17.5 Å². The highest BCUT2D eigenvalue weighted by atomic mass is 15.0. The van der Waals surface area contributed by atoms with E-state index in [1.165, 1.54) is 33.4 Å². The highest BCUT2D eigenvalue weighted by Gasteiger charge is 2.46. The number of rotatable bonds is 8. The van der Waals surface area contributed by atoms with Crippen molar-refractivity contribution in [1.82, 2.24) is 15.0 Å². The van der Waals surface area contributed by atoms with Crippen molar-refractivity contribution in [2.45, 2.75) is 5.41 Å². The standard InChI is InChI=1S/C58H39N3/c1-6-19-40(20-7-1)41-33-35-44(36-34-41)55-59-56(61-57(60-55)54-48(42-21-8-2-9-22-42)30-18-31-49(54)43-23-10-3-11-24-43)45-37-38-51-50-29-16-17-32-52(50)58(53(51)39-45,46-25-12-4-13-26-46)47-27-14-5-15-28-47/h1-39H. The van der Waals surface area contributed by atoms with Gasteiger partial charge in [-0.05, 0) is 72.8 Å². The highest BCUT2D eigenvalue weighted by molar-refractivity contribution is 5.93. The SMILES string of the molecule is c1ccc(-c2ccc(-c3nc(-c4ccc5c(c4)C(c4ccccc4)(c4ccccc4)c4ccccc4-5)nc(-c4c(-c5ccccc5)cccc4-c4ccccc4)n3)cc2)cc1. The Morgan fingerprint density at radius 2 is 0.639 bits per heavy atom. The van der Waals surface area contributed by atoms with E-state index in [2.05, 4.69) is 231 Å². The highest BCUT2D eigenvalue weighted by Crippen LogP contribution is 2.56. The smallest absolute Gasteiger partial charge is 0.165 e. The molecule has 0 saturated heterocycles. The lowest BCUT2D eigenvalue weighted by molar-refractivity contribution is 0.768. The normalized spacial score (nSPS) is 12.4. The predicted molar refractivity (Wildman–Crippen MR) is 250 cm³/mol. The Kier molecular flexibility index (Phi) is 9.05. The summed E-state index contributed by atoms with van der Waals surface area (Å²) in [6, 6.07) is 84.0. The van der Waals surface area contributed by atoms with Gasteiger partial charge in [-0.2, -0.15) is 0 Å². The van der Waals surface area contributed by atoms with Crippen LogP contribution in [0.1, 0.15) is 22.3 Å². The molecule has 1 aromatic heterocycles. The van der Waals surface area contributed by atoms with Crippen LogP contribution in [0.2, 0.25) is 0 Å². The second-order valence-electron chi connectivity index (χ2n) is 15.5. The van der Waals surface area contributed by atoms with E-state index in [4.69, 9.17) is 15.0 Å². The van der Waals surface area contributed by atoms with Gasteiger partial charge in [0, 0.05) is 16.7 Å². The number of aromatic nitrogens is 3. The van der Waals surface area contributed by atoms with Crippen LogP contribution in [0, 0.1) is 0 Å². The number of hydrogen-bond acceptors (Lipinski definition) is 3. The predicted octanol–water partition coefficient (Wildman–Crippen LogP) is 14.2. The quantitative estimate of drug-likeness (QED) is 0.154. The van der Waals surface area contributed by atoms with Crippen LogP contribution in [0.25, 0.3) is 78.7 Å². The summed E-state index contributed by atoms with van der Waals surface area (Å²) in [7, 11) is 0. The van der Waals surface area contributed by atoms with Crippen molar-refractivity contribution in [1.29, 1.82) is 0 Å². The van der Waals surface area contributed by atoms with Crippen LogP contribution in [-0.4, -0.2) is 15.0 Å². The summed E-state index contributed by atoms with van der Waals surface area (Å²) in [5.41, 5.74) is 16.2. The van der Waals surface area contributed by atoms with Crippen molar-refractivity contribution in [3.63, 3.8) is 0 Å². The third-order valence-corrected chi connectivity index (χ3v) is 12.1. The molecule has 286 valence electrons. The van der Waals surface area contributed by atoms with Crippen molar-refractivity contribution in [2.75, 3.05) is 0 Å². The summed E-state index contributed by atoms with van der Waals surface area (Å²) in [4.78, 5) is 16.2. The zero-order valence-corrected chi connectivity index (χ0v) is 33.4. The minimum Gasteiger partial charge on any atom is -0.208 e. The molecule has 0 atom stereocenters. The first kappa shape index (κ1) is 36.1. The molecule has 1 aliphatic rings. The zero-order chi connectivity index (χ0) is 40.6. The molecule has 3 heteroatoms. The van der Waals surface area contributed by atoms with Crippen molar-refractivity contribution >= 4 is 0 Å². The maximum Gasteiger partial charge on any atom is 0.165 e. The molecule has 9 aromatic carbocycles. The van der Waals surface area contributed by atoms with Gasteiger partial charge < -0.3 is 0 Å². The van der Waals surface area contributed by atoms with Crippen LogP contribution in [0.3, 0.4) is 0 Å². The topological polar surface area (TPSA) is 38.7 Å². The molecule has 0 aliphatic heterocycles. The zero-order valence-electron chi connectivity index (χ0n) is 33.4. The number of fused-ring (bicyclic) bond motifs is 3. The average Bonchev–Trinajstić information content (AvgIpc) is 3.65. The molecule has 0 amide bonds. The van der Waals surface area contributed by atoms with E-state index in [0.717, 1.165) is 50.1 Å². The second-order valence-corrected chi connectivity index (χ2v) is 15.5. The molecule has 0 spiro atoms. The summed E-state index contributed by atoms with van der Waals surface area (Å²) in [6.07, 6.45) is 0. The Morgan fingerprint density at radius 3 is 1.21 bits per heavy atom. The van der Waals surface area contributed by atoms with E-state index in [1.807, 2.05) is 6.07 Å². The Bertz CT molecular complexity index is 3050. The number of benzene rings is 9. The van der Waals surface area contributed by atoms with Crippen LogP contribution in [0.4, 0.5) is 0 Å². The summed E-state index contributed by atoms with van der Waals surface area (Å²) >= 11 is 0. The molecular formula is C58H39N3. The minimum atomic E-state index is -0.559. The van der Waals surface area contributed by atoms with E-state index in [9.17, 15) is 0 Å². The molecule has 0 N–H and O–H groups in total. The molecule has 61 heavy (non-hydrogen) atoms. The third-order valence-electron chi connectivity index (χ3n) is 12.1.